The molecule has 1 amide bonds. The Balaban J connectivity index is 1.71. The number of fused-ring (bicyclic) bond motifs is 3. The molecular formula is C21H21N3O4S2. The molecule has 0 aliphatic carbocycles. The van der Waals surface area contributed by atoms with Crippen LogP contribution < -0.4 is 5.56 Å². The van der Waals surface area contributed by atoms with Crippen LogP contribution >= 0.6 is 23.1 Å². The molecule has 0 N–H and O–H groups in total. The summed E-state index contributed by atoms with van der Waals surface area (Å²) in [5.74, 6) is -0.476. The van der Waals surface area contributed by atoms with Crippen molar-refractivity contribution in [2.24, 2.45) is 0 Å². The molecule has 0 radical (unpaired) electrons. The van der Waals surface area contributed by atoms with Crippen LogP contribution in [0.2, 0.25) is 0 Å². The van der Waals surface area contributed by atoms with E-state index in [2.05, 4.69) is 4.98 Å². The van der Waals surface area contributed by atoms with Gasteiger partial charge in [-0.25, -0.2) is 4.98 Å². The molecule has 1 aliphatic rings. The Kier molecular flexibility index (Phi) is 5.92. The van der Waals surface area contributed by atoms with Gasteiger partial charge in [0, 0.05) is 17.0 Å². The lowest BCUT2D eigenvalue weighted by molar-refractivity contribution is -0.144. The maximum absolute atomic E-state index is 13.2. The number of carbonyl (C=O) groups is 2. The Morgan fingerprint density at radius 3 is 2.73 bits per heavy atom. The van der Waals surface area contributed by atoms with E-state index in [4.69, 9.17) is 4.74 Å². The summed E-state index contributed by atoms with van der Waals surface area (Å²) in [4.78, 5) is 46.1. The number of rotatable bonds is 5. The van der Waals surface area contributed by atoms with Gasteiger partial charge >= 0.3 is 5.97 Å². The van der Waals surface area contributed by atoms with Gasteiger partial charge in [-0.05, 0) is 37.3 Å². The zero-order chi connectivity index (χ0) is 21.3. The van der Waals surface area contributed by atoms with E-state index in [1.165, 1.54) is 27.7 Å². The minimum absolute atomic E-state index is 0.0174. The van der Waals surface area contributed by atoms with Crippen molar-refractivity contribution < 1.29 is 14.3 Å². The Morgan fingerprint density at radius 2 is 2.03 bits per heavy atom. The third-order valence-electron chi connectivity index (χ3n) is 5.01. The van der Waals surface area contributed by atoms with Crippen molar-refractivity contribution in [3.63, 3.8) is 0 Å². The average molecular weight is 444 g/mol. The summed E-state index contributed by atoms with van der Waals surface area (Å²) in [7, 11) is 0. The number of thiophene rings is 1. The first kappa shape index (κ1) is 20.6. The van der Waals surface area contributed by atoms with E-state index >= 15 is 0 Å². The second kappa shape index (κ2) is 8.61. The standard InChI is InChI=1S/C21H21N3O4S2/c1-3-28-16(25)12-24-20(27)17-14-9-10-23(19(26)13-7-5-4-6-8-13)11-15(14)30-18(17)22-21(24)29-2/h4-8H,3,9-12H2,1-2H3. The maximum Gasteiger partial charge on any atom is 0.326 e. The smallest absolute Gasteiger partial charge is 0.326 e. The Hall–Kier alpha value is -2.65. The lowest BCUT2D eigenvalue weighted by Crippen LogP contribution is -2.35. The zero-order valence-corrected chi connectivity index (χ0v) is 18.3. The van der Waals surface area contributed by atoms with Gasteiger partial charge in [-0.15, -0.1) is 11.3 Å². The number of nitrogens with zero attached hydrogens (tertiary/aromatic N) is 3. The molecule has 1 aromatic carbocycles. The van der Waals surface area contributed by atoms with Crippen molar-refractivity contribution in [3.05, 3.63) is 56.7 Å². The van der Waals surface area contributed by atoms with Crippen molar-refractivity contribution in [1.29, 1.82) is 0 Å². The summed E-state index contributed by atoms with van der Waals surface area (Å²) in [5.41, 5.74) is 1.37. The van der Waals surface area contributed by atoms with Crippen molar-refractivity contribution in [1.82, 2.24) is 14.5 Å². The molecule has 2 aromatic heterocycles. The molecule has 9 heteroatoms. The lowest BCUT2D eigenvalue weighted by Gasteiger charge is -2.27. The molecule has 3 aromatic rings. The van der Waals surface area contributed by atoms with Crippen LogP contribution in [0.3, 0.4) is 0 Å². The second-order valence-electron chi connectivity index (χ2n) is 6.82. The van der Waals surface area contributed by atoms with Gasteiger partial charge in [0.15, 0.2) is 5.16 Å². The fourth-order valence-electron chi connectivity index (χ4n) is 3.63. The highest BCUT2D eigenvalue weighted by atomic mass is 32.2. The number of aromatic nitrogens is 2. The van der Waals surface area contributed by atoms with E-state index in [9.17, 15) is 14.4 Å². The average Bonchev–Trinajstić information content (AvgIpc) is 3.13. The third-order valence-corrected chi connectivity index (χ3v) is 6.80. The minimum atomic E-state index is -0.459. The van der Waals surface area contributed by atoms with Crippen LogP contribution in [0.25, 0.3) is 10.2 Å². The number of hydrogen-bond acceptors (Lipinski definition) is 7. The van der Waals surface area contributed by atoms with Gasteiger partial charge in [0.05, 0.1) is 18.5 Å². The molecule has 3 heterocycles. The summed E-state index contributed by atoms with van der Waals surface area (Å²) in [5, 5.41) is 1.04. The number of benzene rings is 1. The maximum atomic E-state index is 13.2. The van der Waals surface area contributed by atoms with E-state index < -0.39 is 5.97 Å². The highest BCUT2D eigenvalue weighted by Gasteiger charge is 2.28. The molecule has 0 atom stereocenters. The van der Waals surface area contributed by atoms with E-state index in [0.29, 0.717) is 40.4 Å². The van der Waals surface area contributed by atoms with Gasteiger partial charge in [-0.3, -0.25) is 19.0 Å². The van der Waals surface area contributed by atoms with Crippen LogP contribution in [0.5, 0.6) is 0 Å². The predicted molar refractivity (Wildman–Crippen MR) is 117 cm³/mol. The summed E-state index contributed by atoms with van der Waals surface area (Å²) >= 11 is 2.77. The number of amides is 1. The van der Waals surface area contributed by atoms with Crippen LogP contribution in [0.15, 0.2) is 40.3 Å². The predicted octanol–water partition coefficient (Wildman–Crippen LogP) is 2.94. The molecule has 0 fully saturated rings. The second-order valence-corrected chi connectivity index (χ2v) is 8.68. The molecular weight excluding hydrogens is 422 g/mol. The SMILES string of the molecule is CCOC(=O)Cn1c(SC)nc2sc3c(c2c1=O)CCN(C(=O)c1ccccc1)C3. The van der Waals surface area contributed by atoms with E-state index in [0.717, 1.165) is 10.4 Å². The highest BCUT2D eigenvalue weighted by Crippen LogP contribution is 2.34. The van der Waals surface area contributed by atoms with Crippen LogP contribution in [0.4, 0.5) is 0 Å². The number of hydrogen-bond donors (Lipinski definition) is 0. The molecule has 0 saturated carbocycles. The lowest BCUT2D eigenvalue weighted by atomic mass is 10.0. The molecule has 7 nitrogen and oxygen atoms in total. The summed E-state index contributed by atoms with van der Waals surface area (Å²) < 4.78 is 6.40. The number of esters is 1. The van der Waals surface area contributed by atoms with Gasteiger partial charge in [0.1, 0.15) is 11.4 Å². The van der Waals surface area contributed by atoms with Crippen molar-refractivity contribution in [2.75, 3.05) is 19.4 Å². The van der Waals surface area contributed by atoms with Gasteiger partial charge in [-0.1, -0.05) is 30.0 Å². The first-order chi connectivity index (χ1) is 14.5. The Morgan fingerprint density at radius 1 is 1.27 bits per heavy atom. The number of thioether (sulfide) groups is 1. The molecule has 0 saturated heterocycles. The van der Waals surface area contributed by atoms with Gasteiger partial charge in [0.25, 0.3) is 11.5 Å². The molecule has 30 heavy (non-hydrogen) atoms. The van der Waals surface area contributed by atoms with Gasteiger partial charge in [-0.2, -0.15) is 0 Å². The normalized spacial score (nSPS) is 13.3. The van der Waals surface area contributed by atoms with Crippen LogP contribution in [0.1, 0.15) is 27.7 Å². The Bertz CT molecular complexity index is 1170. The first-order valence-electron chi connectivity index (χ1n) is 9.62. The first-order valence-corrected chi connectivity index (χ1v) is 11.7. The van der Waals surface area contributed by atoms with Crippen LogP contribution in [0, 0.1) is 0 Å². The van der Waals surface area contributed by atoms with Gasteiger partial charge < -0.3 is 9.64 Å². The minimum Gasteiger partial charge on any atom is -0.465 e. The zero-order valence-electron chi connectivity index (χ0n) is 16.7. The number of carbonyl (C=O) groups excluding carboxylic acids is 2. The fourth-order valence-corrected chi connectivity index (χ4v) is 5.46. The molecule has 0 bridgehead atoms. The largest absolute Gasteiger partial charge is 0.465 e. The summed E-state index contributed by atoms with van der Waals surface area (Å²) in [6.45, 7) is 2.82. The molecule has 0 unspecified atom stereocenters. The van der Waals surface area contributed by atoms with Crippen molar-refractivity contribution in [3.8, 4) is 0 Å². The van der Waals surface area contributed by atoms with Crippen molar-refractivity contribution >= 4 is 45.2 Å². The summed E-state index contributed by atoms with van der Waals surface area (Å²) in [6, 6.07) is 9.20. The molecule has 0 spiro atoms. The van der Waals surface area contributed by atoms with E-state index in [1.54, 1.807) is 11.8 Å². The molecule has 156 valence electrons. The quantitative estimate of drug-likeness (QED) is 0.343. The molecule has 1 aliphatic heterocycles. The highest BCUT2D eigenvalue weighted by molar-refractivity contribution is 7.98. The summed E-state index contributed by atoms with van der Waals surface area (Å²) in [6.07, 6.45) is 2.41. The monoisotopic (exact) mass is 443 g/mol. The molecule has 4 rings (SSSR count). The Labute approximate surface area is 181 Å². The van der Waals surface area contributed by atoms with E-state index in [-0.39, 0.29) is 24.6 Å². The van der Waals surface area contributed by atoms with Crippen LogP contribution in [-0.4, -0.2) is 45.7 Å². The number of ether oxygens (including phenoxy) is 1. The third kappa shape index (κ3) is 3.75. The topological polar surface area (TPSA) is 81.5 Å². The van der Waals surface area contributed by atoms with Gasteiger partial charge in [0.2, 0.25) is 0 Å². The van der Waals surface area contributed by atoms with Crippen LogP contribution in [-0.2, 0) is 29.0 Å². The van der Waals surface area contributed by atoms with E-state index in [1.807, 2.05) is 36.6 Å². The van der Waals surface area contributed by atoms with Crippen molar-refractivity contribution in [2.45, 2.75) is 31.6 Å². The fraction of sp³-hybridized carbons (Fsp3) is 0.333.